The third kappa shape index (κ3) is 4.28. The van der Waals surface area contributed by atoms with Crippen LogP contribution in [0.15, 0.2) is 12.2 Å². The van der Waals surface area contributed by atoms with Crippen LogP contribution in [0.25, 0.3) is 0 Å². The van der Waals surface area contributed by atoms with Gasteiger partial charge in [0.25, 0.3) is 0 Å². The van der Waals surface area contributed by atoms with Crippen molar-refractivity contribution >= 4 is 0 Å². The average Bonchev–Trinajstić information content (AvgIpc) is 2.45. The van der Waals surface area contributed by atoms with E-state index in [1.807, 2.05) is 13.8 Å². The predicted molar refractivity (Wildman–Crippen MR) is 63.3 cm³/mol. The fourth-order valence-corrected chi connectivity index (χ4v) is 2.22. The highest BCUT2D eigenvalue weighted by atomic mass is 16.3. The van der Waals surface area contributed by atoms with Crippen LogP contribution in [0.4, 0.5) is 0 Å². The van der Waals surface area contributed by atoms with Crippen LogP contribution in [0, 0.1) is 11.8 Å². The van der Waals surface area contributed by atoms with Gasteiger partial charge in [0.2, 0.25) is 0 Å². The fourth-order valence-electron chi connectivity index (χ4n) is 2.22. The molecule has 1 saturated carbocycles. The minimum atomic E-state index is 0.176. The Labute approximate surface area is 89.2 Å². The summed E-state index contributed by atoms with van der Waals surface area (Å²) in [7, 11) is 0. The van der Waals surface area contributed by atoms with Crippen LogP contribution in [-0.2, 0) is 0 Å². The molecule has 14 heavy (non-hydrogen) atoms. The molecule has 0 saturated heterocycles. The van der Waals surface area contributed by atoms with Gasteiger partial charge in [0, 0.05) is 0 Å². The van der Waals surface area contributed by atoms with Crippen LogP contribution in [-0.4, -0.2) is 11.7 Å². The van der Waals surface area contributed by atoms with E-state index < -0.39 is 0 Å². The molecular formula is C13H26O. The first-order valence-electron chi connectivity index (χ1n) is 6.04. The second-order valence-corrected chi connectivity index (χ2v) is 4.04. The molecule has 1 rings (SSSR count). The summed E-state index contributed by atoms with van der Waals surface area (Å²) in [5, 5.41) is 9.00. The summed E-state index contributed by atoms with van der Waals surface area (Å²) in [6.07, 6.45) is 6.58. The first-order valence-corrected chi connectivity index (χ1v) is 6.04. The number of rotatable bonds is 2. The van der Waals surface area contributed by atoms with Gasteiger partial charge in [-0.3, -0.25) is 0 Å². The van der Waals surface area contributed by atoms with E-state index in [2.05, 4.69) is 13.5 Å². The summed E-state index contributed by atoms with van der Waals surface area (Å²) in [5.41, 5.74) is 1.05. The van der Waals surface area contributed by atoms with E-state index in [1.165, 1.54) is 32.1 Å². The van der Waals surface area contributed by atoms with Gasteiger partial charge < -0.3 is 5.11 Å². The van der Waals surface area contributed by atoms with Crippen molar-refractivity contribution in [3.63, 3.8) is 0 Å². The highest BCUT2D eigenvalue weighted by molar-refractivity contribution is 5.02. The maximum absolute atomic E-state index is 9.00. The average molecular weight is 198 g/mol. The first-order chi connectivity index (χ1) is 6.75. The van der Waals surface area contributed by atoms with Crippen molar-refractivity contribution in [3.05, 3.63) is 12.2 Å². The van der Waals surface area contributed by atoms with Gasteiger partial charge in [0.1, 0.15) is 0 Å². The van der Waals surface area contributed by atoms with E-state index in [9.17, 15) is 0 Å². The van der Waals surface area contributed by atoms with Gasteiger partial charge in [-0.15, -0.1) is 0 Å². The Hall–Kier alpha value is -0.300. The van der Waals surface area contributed by atoms with Crippen molar-refractivity contribution in [2.24, 2.45) is 11.8 Å². The van der Waals surface area contributed by atoms with E-state index in [-0.39, 0.29) is 6.61 Å². The molecule has 0 aromatic heterocycles. The Morgan fingerprint density at radius 3 is 2.36 bits per heavy atom. The Kier molecular flexibility index (Phi) is 7.87. The lowest BCUT2D eigenvalue weighted by atomic mass is 9.84. The second-order valence-electron chi connectivity index (χ2n) is 4.04. The maximum atomic E-state index is 9.00. The lowest BCUT2D eigenvalue weighted by molar-refractivity contribution is 0.286. The van der Waals surface area contributed by atoms with E-state index in [4.69, 9.17) is 5.11 Å². The summed E-state index contributed by atoms with van der Waals surface area (Å²) in [6, 6.07) is 0. The molecule has 0 aromatic rings. The summed E-state index contributed by atoms with van der Waals surface area (Å²) >= 11 is 0. The lowest BCUT2D eigenvalue weighted by Gasteiger charge is -2.22. The molecule has 0 radical (unpaired) electrons. The van der Waals surface area contributed by atoms with Gasteiger partial charge >= 0.3 is 0 Å². The standard InChI is InChI=1S/C11H20O.C2H6/c1-9-6-4-3-5-7-11(9)10(2)8-12;1-2/h9,11-12H,2-8H2,1H3;1-2H3/t9-,11-;/m1./s1. The summed E-state index contributed by atoms with van der Waals surface area (Å²) in [5.74, 6) is 1.31. The second kappa shape index (κ2) is 8.05. The molecule has 1 heteroatoms. The van der Waals surface area contributed by atoms with Gasteiger partial charge in [-0.1, -0.05) is 53.0 Å². The fraction of sp³-hybridized carbons (Fsp3) is 0.846. The molecule has 1 aliphatic carbocycles. The highest BCUT2D eigenvalue weighted by Gasteiger charge is 2.21. The van der Waals surface area contributed by atoms with Gasteiger partial charge in [0.15, 0.2) is 0 Å². The molecule has 1 fully saturated rings. The molecule has 0 aromatic carbocycles. The molecule has 0 spiro atoms. The Bertz CT molecular complexity index is 151. The van der Waals surface area contributed by atoms with E-state index in [0.717, 1.165) is 11.5 Å². The third-order valence-electron chi connectivity index (χ3n) is 3.09. The van der Waals surface area contributed by atoms with Crippen molar-refractivity contribution in [1.29, 1.82) is 0 Å². The molecule has 1 nitrogen and oxygen atoms in total. The molecule has 0 aliphatic heterocycles. The predicted octanol–water partition coefficient (Wildman–Crippen LogP) is 3.78. The van der Waals surface area contributed by atoms with Crippen LogP contribution in [0.1, 0.15) is 52.9 Å². The van der Waals surface area contributed by atoms with Crippen LogP contribution in [0.3, 0.4) is 0 Å². The van der Waals surface area contributed by atoms with E-state index in [1.54, 1.807) is 0 Å². The zero-order chi connectivity index (χ0) is 11.0. The van der Waals surface area contributed by atoms with Crippen LogP contribution in [0.5, 0.6) is 0 Å². The Morgan fingerprint density at radius 1 is 1.21 bits per heavy atom. The molecule has 0 unspecified atom stereocenters. The quantitative estimate of drug-likeness (QED) is 0.529. The number of aliphatic hydroxyl groups excluding tert-OH is 1. The first kappa shape index (κ1) is 13.7. The molecule has 84 valence electrons. The van der Waals surface area contributed by atoms with E-state index >= 15 is 0 Å². The number of hydrogen-bond acceptors (Lipinski definition) is 1. The number of hydrogen-bond donors (Lipinski definition) is 1. The molecule has 0 bridgehead atoms. The van der Waals surface area contributed by atoms with Crippen molar-refractivity contribution < 1.29 is 5.11 Å². The minimum Gasteiger partial charge on any atom is -0.392 e. The lowest BCUT2D eigenvalue weighted by Crippen LogP contribution is -2.14. The largest absolute Gasteiger partial charge is 0.392 e. The smallest absolute Gasteiger partial charge is 0.0641 e. The Morgan fingerprint density at radius 2 is 1.79 bits per heavy atom. The van der Waals surface area contributed by atoms with Gasteiger partial charge in [-0.05, 0) is 23.8 Å². The molecular weight excluding hydrogens is 172 g/mol. The maximum Gasteiger partial charge on any atom is 0.0641 e. The SMILES string of the molecule is C=C(CO)[C@@H]1CCCCC[C@H]1C.CC. The van der Waals surface area contributed by atoms with Crippen molar-refractivity contribution in [3.8, 4) is 0 Å². The van der Waals surface area contributed by atoms with Crippen LogP contribution in [0.2, 0.25) is 0 Å². The zero-order valence-electron chi connectivity index (χ0n) is 10.1. The molecule has 0 heterocycles. The molecule has 1 N–H and O–H groups in total. The molecule has 1 aliphatic rings. The van der Waals surface area contributed by atoms with Gasteiger partial charge in [-0.2, -0.15) is 0 Å². The highest BCUT2D eigenvalue weighted by Crippen LogP contribution is 2.32. The van der Waals surface area contributed by atoms with Crippen molar-refractivity contribution in [1.82, 2.24) is 0 Å². The summed E-state index contributed by atoms with van der Waals surface area (Å²) in [6.45, 7) is 10.4. The summed E-state index contributed by atoms with van der Waals surface area (Å²) in [4.78, 5) is 0. The van der Waals surface area contributed by atoms with Gasteiger partial charge in [0.05, 0.1) is 6.61 Å². The van der Waals surface area contributed by atoms with Gasteiger partial charge in [-0.25, -0.2) is 0 Å². The Balaban J connectivity index is 0.000000791. The van der Waals surface area contributed by atoms with Crippen molar-refractivity contribution in [2.75, 3.05) is 6.61 Å². The van der Waals surface area contributed by atoms with Crippen LogP contribution < -0.4 is 0 Å². The van der Waals surface area contributed by atoms with Crippen LogP contribution >= 0.6 is 0 Å². The monoisotopic (exact) mass is 198 g/mol. The van der Waals surface area contributed by atoms with E-state index in [0.29, 0.717) is 5.92 Å². The molecule has 0 amide bonds. The topological polar surface area (TPSA) is 20.2 Å². The minimum absolute atomic E-state index is 0.176. The zero-order valence-corrected chi connectivity index (χ0v) is 10.1. The third-order valence-corrected chi connectivity index (χ3v) is 3.09. The van der Waals surface area contributed by atoms with Crippen molar-refractivity contribution in [2.45, 2.75) is 52.9 Å². The summed E-state index contributed by atoms with van der Waals surface area (Å²) < 4.78 is 0. The number of aliphatic hydroxyl groups is 1. The normalized spacial score (nSPS) is 27.1. The molecule has 2 atom stereocenters.